The number of aliphatic hydroxyl groups is 1. The fourth-order valence-electron chi connectivity index (χ4n) is 3.37. The summed E-state index contributed by atoms with van der Waals surface area (Å²) < 4.78 is 0. The third kappa shape index (κ3) is 6.98. The molecule has 2 rings (SSSR count). The highest BCUT2D eigenvalue weighted by Crippen LogP contribution is 2.27. The molecule has 2 aromatic carbocycles. The van der Waals surface area contributed by atoms with Crippen molar-refractivity contribution in [2.24, 2.45) is 5.73 Å². The Morgan fingerprint density at radius 2 is 1.74 bits per heavy atom. The second kappa shape index (κ2) is 11.8. The van der Waals surface area contributed by atoms with E-state index < -0.39 is 12.0 Å². The number of nitrogens with one attached hydrogen (secondary N) is 1. The van der Waals surface area contributed by atoms with Crippen molar-refractivity contribution >= 4 is 18.3 Å². The lowest BCUT2D eigenvalue weighted by atomic mass is 9.84. The first kappa shape index (κ1) is 23.2. The smallest absolute Gasteiger partial charge is 0.248 e. The van der Waals surface area contributed by atoms with Crippen LogP contribution in [0.2, 0.25) is 0 Å². The number of benzene rings is 2. The summed E-state index contributed by atoms with van der Waals surface area (Å²) in [5.74, 6) is -0.666. The molecule has 0 radical (unpaired) electrons. The lowest BCUT2D eigenvalue weighted by Crippen LogP contribution is -2.38. The number of carbonyl (C=O) groups excluding carboxylic acids is 1. The first-order valence-corrected chi connectivity index (χ1v) is 9.37. The average Bonchev–Trinajstić information content (AvgIpc) is 2.65. The second-order valence-electron chi connectivity index (χ2n) is 6.91. The molecule has 0 spiro atoms. The van der Waals surface area contributed by atoms with Crippen LogP contribution in [0.3, 0.4) is 0 Å². The lowest BCUT2D eigenvalue weighted by Gasteiger charge is -2.27. The second-order valence-corrected chi connectivity index (χ2v) is 6.91. The fourth-order valence-corrected chi connectivity index (χ4v) is 3.37. The van der Waals surface area contributed by atoms with Crippen molar-refractivity contribution in [2.45, 2.75) is 51.2 Å². The van der Waals surface area contributed by atoms with Gasteiger partial charge in [-0.3, -0.25) is 4.79 Å². The third-order valence-corrected chi connectivity index (χ3v) is 4.79. The predicted octanol–water partition coefficient (Wildman–Crippen LogP) is 3.67. The van der Waals surface area contributed by atoms with Gasteiger partial charge in [-0.25, -0.2) is 0 Å². The van der Waals surface area contributed by atoms with Gasteiger partial charge in [0.1, 0.15) is 0 Å². The van der Waals surface area contributed by atoms with Crippen LogP contribution in [0.4, 0.5) is 0 Å². The zero-order chi connectivity index (χ0) is 18.9. The summed E-state index contributed by atoms with van der Waals surface area (Å²) in [7, 11) is 0. The summed E-state index contributed by atoms with van der Waals surface area (Å²) >= 11 is 0. The largest absolute Gasteiger partial charge is 0.391 e. The minimum Gasteiger partial charge on any atom is -0.391 e. The summed E-state index contributed by atoms with van der Waals surface area (Å²) in [5.41, 5.74) is 7.98. The van der Waals surface area contributed by atoms with Gasteiger partial charge < -0.3 is 16.2 Å². The van der Waals surface area contributed by atoms with E-state index in [0.29, 0.717) is 24.6 Å². The molecular weight excluding hydrogens is 360 g/mol. The summed E-state index contributed by atoms with van der Waals surface area (Å²) in [6, 6.07) is 17.7. The summed E-state index contributed by atoms with van der Waals surface area (Å²) in [6.07, 6.45) is 2.20. The summed E-state index contributed by atoms with van der Waals surface area (Å²) in [5, 5.41) is 14.3. The highest BCUT2D eigenvalue weighted by molar-refractivity contribution is 5.94. The van der Waals surface area contributed by atoms with E-state index in [0.717, 1.165) is 24.0 Å². The molecule has 4 N–H and O–H groups in total. The quantitative estimate of drug-likeness (QED) is 0.579. The maximum atomic E-state index is 11.9. The number of rotatable bonds is 10. The molecule has 0 aliphatic rings. The van der Waals surface area contributed by atoms with Gasteiger partial charge in [-0.2, -0.15) is 0 Å². The number of primary amides is 1. The van der Waals surface area contributed by atoms with Crippen LogP contribution in [0.25, 0.3) is 0 Å². The molecule has 4 nitrogen and oxygen atoms in total. The van der Waals surface area contributed by atoms with Gasteiger partial charge >= 0.3 is 0 Å². The Morgan fingerprint density at radius 1 is 1.11 bits per heavy atom. The van der Waals surface area contributed by atoms with Crippen LogP contribution in [0.5, 0.6) is 0 Å². The number of hydrogen-bond acceptors (Lipinski definition) is 3. The van der Waals surface area contributed by atoms with E-state index in [1.54, 1.807) is 12.1 Å². The molecule has 1 amide bonds. The molecule has 148 valence electrons. The Kier molecular flexibility index (Phi) is 10.1. The molecule has 1 unspecified atom stereocenters. The molecule has 0 bridgehead atoms. The van der Waals surface area contributed by atoms with Gasteiger partial charge in [0.05, 0.1) is 6.10 Å². The fraction of sp³-hybridized carbons (Fsp3) is 0.409. The van der Waals surface area contributed by atoms with Crippen molar-refractivity contribution in [3.63, 3.8) is 0 Å². The number of aliphatic hydroxyl groups excluding tert-OH is 1. The highest BCUT2D eigenvalue weighted by atomic mass is 35.5. The first-order valence-electron chi connectivity index (χ1n) is 9.37. The van der Waals surface area contributed by atoms with Gasteiger partial charge in [0.15, 0.2) is 0 Å². The van der Waals surface area contributed by atoms with Crippen LogP contribution in [0, 0.1) is 0 Å². The molecule has 2 aromatic rings. The maximum Gasteiger partial charge on any atom is 0.248 e. The standard InChI is InChI=1S/C22H30N2O2.ClH/c1-3-9-16(2)24-15-21(25)20(14-17-10-5-4-6-11-17)18-12-7-8-13-19(18)22(23)26;/h4-8,10-13,16,20-21,24-25H,3,9,14-15H2,1-2H3,(H2,23,26);1H/t16?,20-,21-;/m0./s1. The molecule has 5 heteroatoms. The summed E-state index contributed by atoms with van der Waals surface area (Å²) in [4.78, 5) is 11.9. The van der Waals surface area contributed by atoms with Crippen LogP contribution in [-0.4, -0.2) is 29.7 Å². The van der Waals surface area contributed by atoms with Crippen molar-refractivity contribution < 1.29 is 9.90 Å². The summed E-state index contributed by atoms with van der Waals surface area (Å²) in [6.45, 7) is 4.75. The van der Waals surface area contributed by atoms with Gasteiger partial charge in [-0.15, -0.1) is 12.4 Å². The van der Waals surface area contributed by atoms with Gasteiger partial charge in [0.2, 0.25) is 5.91 Å². The van der Waals surface area contributed by atoms with Crippen LogP contribution < -0.4 is 11.1 Å². The molecular formula is C22H31ClN2O2. The van der Waals surface area contributed by atoms with E-state index in [1.807, 2.05) is 42.5 Å². The van der Waals surface area contributed by atoms with Crippen LogP contribution in [0.15, 0.2) is 54.6 Å². The van der Waals surface area contributed by atoms with Gasteiger partial charge in [-0.05, 0) is 37.0 Å². The molecule has 0 fully saturated rings. The third-order valence-electron chi connectivity index (χ3n) is 4.79. The Balaban J connectivity index is 0.00000364. The van der Waals surface area contributed by atoms with Crippen LogP contribution >= 0.6 is 12.4 Å². The number of hydrogen-bond donors (Lipinski definition) is 3. The van der Waals surface area contributed by atoms with Gasteiger partial charge in [0, 0.05) is 24.1 Å². The number of carbonyl (C=O) groups is 1. The minimum absolute atomic E-state index is 0. The molecule has 3 atom stereocenters. The zero-order valence-corrected chi connectivity index (χ0v) is 16.9. The Morgan fingerprint density at radius 3 is 2.37 bits per heavy atom. The van der Waals surface area contributed by atoms with E-state index in [2.05, 4.69) is 19.2 Å². The number of nitrogens with two attached hydrogens (primary N) is 1. The minimum atomic E-state index is -0.616. The molecule has 0 aliphatic carbocycles. The molecule has 0 saturated heterocycles. The molecule has 27 heavy (non-hydrogen) atoms. The normalized spacial score (nSPS) is 14.0. The van der Waals surface area contributed by atoms with Gasteiger partial charge in [0.25, 0.3) is 0 Å². The van der Waals surface area contributed by atoms with Crippen LogP contribution in [-0.2, 0) is 6.42 Å². The average molecular weight is 391 g/mol. The first-order chi connectivity index (χ1) is 12.5. The van der Waals surface area contributed by atoms with Crippen molar-refractivity contribution in [3.8, 4) is 0 Å². The number of halogens is 1. The Hall–Kier alpha value is -1.88. The van der Waals surface area contributed by atoms with E-state index >= 15 is 0 Å². The van der Waals surface area contributed by atoms with E-state index in [9.17, 15) is 9.90 Å². The van der Waals surface area contributed by atoms with Crippen molar-refractivity contribution in [1.82, 2.24) is 5.32 Å². The van der Waals surface area contributed by atoms with Crippen molar-refractivity contribution in [1.29, 1.82) is 0 Å². The lowest BCUT2D eigenvalue weighted by molar-refractivity contribution is 0.0995. The maximum absolute atomic E-state index is 11.9. The predicted molar refractivity (Wildman–Crippen MR) is 113 cm³/mol. The van der Waals surface area contributed by atoms with E-state index in [-0.39, 0.29) is 18.3 Å². The number of amides is 1. The SMILES string of the molecule is CCCC(C)NC[C@H](O)[C@@H](Cc1ccccc1)c1ccccc1C(N)=O.Cl. The Labute approximate surface area is 168 Å². The topological polar surface area (TPSA) is 75.3 Å². The molecule has 0 heterocycles. The van der Waals surface area contributed by atoms with Crippen LogP contribution in [0.1, 0.15) is 54.1 Å². The monoisotopic (exact) mass is 390 g/mol. The van der Waals surface area contributed by atoms with Crippen molar-refractivity contribution in [2.75, 3.05) is 6.54 Å². The van der Waals surface area contributed by atoms with E-state index in [1.165, 1.54) is 0 Å². The highest BCUT2D eigenvalue weighted by Gasteiger charge is 2.25. The van der Waals surface area contributed by atoms with E-state index in [4.69, 9.17) is 5.73 Å². The molecule has 0 aromatic heterocycles. The molecule has 0 saturated carbocycles. The Bertz CT molecular complexity index is 694. The van der Waals surface area contributed by atoms with Crippen molar-refractivity contribution in [3.05, 3.63) is 71.3 Å². The zero-order valence-electron chi connectivity index (χ0n) is 16.1. The van der Waals surface area contributed by atoms with Gasteiger partial charge in [-0.1, -0.05) is 61.9 Å². The molecule has 0 aliphatic heterocycles.